The largest absolute Gasteiger partial charge is 0.462 e. The van der Waals surface area contributed by atoms with Crippen LogP contribution in [-0.4, -0.2) is 37.2 Å². The molecule has 0 radical (unpaired) electrons. The fourth-order valence-corrected chi connectivity index (χ4v) is 7.67. The van der Waals surface area contributed by atoms with Gasteiger partial charge in [0.2, 0.25) is 0 Å². The van der Waals surface area contributed by atoms with Gasteiger partial charge < -0.3 is 14.2 Å². The predicted octanol–water partition coefficient (Wildman–Crippen LogP) is 19.6. The molecule has 0 saturated carbocycles. The molecule has 0 aliphatic carbocycles. The van der Waals surface area contributed by atoms with Crippen molar-refractivity contribution in [3.05, 3.63) is 122 Å². The van der Waals surface area contributed by atoms with Gasteiger partial charge in [-0.1, -0.05) is 245 Å². The fourth-order valence-electron chi connectivity index (χ4n) is 7.67. The van der Waals surface area contributed by atoms with Crippen molar-refractivity contribution in [2.24, 2.45) is 0 Å². The molecule has 0 fully saturated rings. The van der Waals surface area contributed by atoms with Gasteiger partial charge >= 0.3 is 17.9 Å². The van der Waals surface area contributed by atoms with Gasteiger partial charge in [0.05, 0.1) is 0 Å². The minimum absolute atomic E-state index is 0.0990. The van der Waals surface area contributed by atoms with E-state index in [1.165, 1.54) is 64.2 Å². The molecule has 402 valence electrons. The van der Waals surface area contributed by atoms with Gasteiger partial charge in [-0.2, -0.15) is 0 Å². The van der Waals surface area contributed by atoms with Gasteiger partial charge in [0.1, 0.15) is 13.2 Å². The Balaban J connectivity index is 4.48. The van der Waals surface area contributed by atoms with Crippen LogP contribution in [0.25, 0.3) is 0 Å². The highest BCUT2D eigenvalue weighted by Gasteiger charge is 2.19. The van der Waals surface area contributed by atoms with Crippen LogP contribution in [0.5, 0.6) is 0 Å². The van der Waals surface area contributed by atoms with Crippen LogP contribution in [0.15, 0.2) is 122 Å². The number of hydrogen-bond donors (Lipinski definition) is 0. The highest BCUT2D eigenvalue weighted by molar-refractivity contribution is 5.71. The molecule has 0 saturated heterocycles. The average Bonchev–Trinajstić information content (AvgIpc) is 3.37. The van der Waals surface area contributed by atoms with Crippen LogP contribution in [0.1, 0.15) is 252 Å². The molecule has 0 aromatic rings. The Morgan fingerprint density at radius 3 is 0.873 bits per heavy atom. The molecule has 0 spiro atoms. The first-order valence-corrected chi connectivity index (χ1v) is 29.0. The molecule has 0 heterocycles. The summed E-state index contributed by atoms with van der Waals surface area (Å²) in [5.74, 6) is -0.951. The van der Waals surface area contributed by atoms with Crippen LogP contribution in [-0.2, 0) is 28.6 Å². The molecule has 6 nitrogen and oxygen atoms in total. The summed E-state index contributed by atoms with van der Waals surface area (Å²) in [5, 5.41) is 0. The maximum atomic E-state index is 12.9. The molecule has 1 unspecified atom stereocenters. The molecule has 0 aromatic heterocycles. The lowest BCUT2D eigenvalue weighted by Crippen LogP contribution is -2.30. The van der Waals surface area contributed by atoms with E-state index in [4.69, 9.17) is 14.2 Å². The second kappa shape index (κ2) is 58.4. The number of carbonyl (C=O) groups is 3. The molecule has 71 heavy (non-hydrogen) atoms. The van der Waals surface area contributed by atoms with E-state index in [2.05, 4.69) is 142 Å². The highest BCUT2D eigenvalue weighted by Crippen LogP contribution is 2.15. The van der Waals surface area contributed by atoms with Crippen molar-refractivity contribution in [3.8, 4) is 0 Å². The summed E-state index contributed by atoms with van der Waals surface area (Å²) in [4.78, 5) is 38.2. The van der Waals surface area contributed by atoms with E-state index >= 15 is 0 Å². The van der Waals surface area contributed by atoms with Crippen molar-refractivity contribution in [2.75, 3.05) is 13.2 Å². The van der Waals surface area contributed by atoms with Gasteiger partial charge in [0, 0.05) is 19.3 Å². The zero-order chi connectivity index (χ0) is 51.4. The highest BCUT2D eigenvalue weighted by atomic mass is 16.6. The number of allylic oxidation sites excluding steroid dienone is 20. The lowest BCUT2D eigenvalue weighted by molar-refractivity contribution is -0.167. The molecule has 0 bridgehead atoms. The van der Waals surface area contributed by atoms with Crippen LogP contribution < -0.4 is 0 Å². The van der Waals surface area contributed by atoms with Crippen molar-refractivity contribution in [1.82, 2.24) is 0 Å². The number of hydrogen-bond acceptors (Lipinski definition) is 6. The van der Waals surface area contributed by atoms with Crippen LogP contribution in [0.3, 0.4) is 0 Å². The van der Waals surface area contributed by atoms with E-state index in [9.17, 15) is 14.4 Å². The van der Waals surface area contributed by atoms with Crippen molar-refractivity contribution in [1.29, 1.82) is 0 Å². The Hall–Kier alpha value is -4.19. The normalized spacial score (nSPS) is 13.0. The van der Waals surface area contributed by atoms with Crippen LogP contribution in [0.2, 0.25) is 0 Å². The Labute approximate surface area is 437 Å². The molecule has 0 rings (SSSR count). The summed E-state index contributed by atoms with van der Waals surface area (Å²) in [6.07, 6.45) is 80.4. The summed E-state index contributed by atoms with van der Waals surface area (Å²) in [7, 11) is 0. The first-order valence-electron chi connectivity index (χ1n) is 29.0. The standard InChI is InChI=1S/C65H106O6/c1-4-7-10-13-16-19-22-25-27-29-31-32-34-35-37-40-43-46-49-52-55-58-64(67)70-61-62(60-69-63(66)57-54-51-48-45-42-39-24-21-18-15-12-9-6-3)71-65(68)59-56-53-50-47-44-41-38-36-33-30-28-26-23-20-17-14-11-8-5-2/h7-8,10-11,16-17,19-20,25-28,31-33,35-37,41,44,62H,4-6,9,12-15,18,21-24,29-30,34,38-40,42-43,45-61H2,1-3H3/b10-7-,11-8-,19-16-,20-17-,27-25-,28-26-,32-31-,36-33-,37-35-,44-41-. The minimum atomic E-state index is -0.806. The summed E-state index contributed by atoms with van der Waals surface area (Å²) in [6, 6.07) is 0. The third-order valence-electron chi connectivity index (χ3n) is 12.0. The molecule has 0 aromatic carbocycles. The smallest absolute Gasteiger partial charge is 0.306 e. The zero-order valence-electron chi connectivity index (χ0n) is 45.9. The molecule has 0 amide bonds. The molecule has 0 aliphatic heterocycles. The SMILES string of the molecule is CC/C=C\C/C=C\C/C=C\C/C=C\C/C=C\CCCCCCCC(=O)OCC(COC(=O)CCCCCCCCCCCCCCC)OC(=O)CCCCC/C=C\C/C=C\C/C=C\C/C=C\C/C=C\CC. The summed E-state index contributed by atoms with van der Waals surface area (Å²) >= 11 is 0. The molecule has 0 N–H and O–H groups in total. The molecule has 1 atom stereocenters. The second-order valence-corrected chi connectivity index (χ2v) is 18.8. The summed E-state index contributed by atoms with van der Waals surface area (Å²) < 4.78 is 16.8. The van der Waals surface area contributed by atoms with Crippen molar-refractivity contribution < 1.29 is 28.6 Å². The Morgan fingerprint density at radius 1 is 0.296 bits per heavy atom. The van der Waals surface area contributed by atoms with Gasteiger partial charge in [-0.15, -0.1) is 0 Å². The van der Waals surface area contributed by atoms with Crippen molar-refractivity contribution >= 4 is 17.9 Å². The average molecular weight is 984 g/mol. The fraction of sp³-hybridized carbons (Fsp3) is 0.646. The van der Waals surface area contributed by atoms with E-state index in [1.54, 1.807) is 0 Å². The van der Waals surface area contributed by atoms with E-state index in [0.717, 1.165) is 148 Å². The molecule has 6 heteroatoms. The zero-order valence-corrected chi connectivity index (χ0v) is 45.9. The van der Waals surface area contributed by atoms with Crippen LogP contribution in [0, 0.1) is 0 Å². The predicted molar refractivity (Wildman–Crippen MR) is 306 cm³/mol. The molecule has 0 aliphatic rings. The van der Waals surface area contributed by atoms with E-state index < -0.39 is 6.10 Å². The monoisotopic (exact) mass is 983 g/mol. The molecular formula is C65H106O6. The number of esters is 3. The van der Waals surface area contributed by atoms with Gasteiger partial charge in [0.25, 0.3) is 0 Å². The summed E-state index contributed by atoms with van der Waals surface area (Å²) in [6.45, 7) is 6.37. The van der Waals surface area contributed by atoms with Gasteiger partial charge in [0.15, 0.2) is 6.10 Å². The van der Waals surface area contributed by atoms with E-state index in [1.807, 2.05) is 0 Å². The minimum Gasteiger partial charge on any atom is -0.462 e. The third-order valence-corrected chi connectivity index (χ3v) is 12.0. The van der Waals surface area contributed by atoms with Crippen LogP contribution in [0.4, 0.5) is 0 Å². The number of ether oxygens (including phenoxy) is 3. The lowest BCUT2D eigenvalue weighted by Gasteiger charge is -2.18. The van der Waals surface area contributed by atoms with Crippen LogP contribution >= 0.6 is 0 Å². The first-order chi connectivity index (χ1) is 35.0. The third kappa shape index (κ3) is 56.6. The van der Waals surface area contributed by atoms with E-state index in [0.29, 0.717) is 12.8 Å². The Morgan fingerprint density at radius 2 is 0.549 bits per heavy atom. The summed E-state index contributed by atoms with van der Waals surface area (Å²) in [5.41, 5.74) is 0. The maximum Gasteiger partial charge on any atom is 0.306 e. The van der Waals surface area contributed by atoms with Gasteiger partial charge in [-0.05, 0) is 109 Å². The van der Waals surface area contributed by atoms with Crippen molar-refractivity contribution in [3.63, 3.8) is 0 Å². The molecular weight excluding hydrogens is 877 g/mol. The Kier molecular flexibility index (Phi) is 54.9. The lowest BCUT2D eigenvalue weighted by atomic mass is 10.0. The van der Waals surface area contributed by atoms with Gasteiger partial charge in [-0.3, -0.25) is 14.4 Å². The first kappa shape index (κ1) is 66.8. The maximum absolute atomic E-state index is 12.9. The van der Waals surface area contributed by atoms with Gasteiger partial charge in [-0.25, -0.2) is 0 Å². The second-order valence-electron chi connectivity index (χ2n) is 18.8. The topological polar surface area (TPSA) is 78.9 Å². The Bertz CT molecular complexity index is 1500. The van der Waals surface area contributed by atoms with Crippen molar-refractivity contribution in [2.45, 2.75) is 258 Å². The number of rotatable bonds is 51. The quantitative estimate of drug-likeness (QED) is 0.0261. The number of unbranched alkanes of at least 4 members (excludes halogenated alkanes) is 20. The van der Waals surface area contributed by atoms with E-state index in [-0.39, 0.29) is 37.5 Å². The number of carbonyl (C=O) groups excluding carboxylic acids is 3.